The molecule has 7 nitrogen and oxygen atoms in total. The number of aliphatic hydroxyl groups excluding tert-OH is 1. The van der Waals surface area contributed by atoms with E-state index in [1.54, 1.807) is 57.3 Å². The van der Waals surface area contributed by atoms with E-state index in [2.05, 4.69) is 15.6 Å². The minimum absolute atomic E-state index is 0.224. The summed E-state index contributed by atoms with van der Waals surface area (Å²) < 4.78 is 18.5. The average Bonchev–Trinajstić information content (AvgIpc) is 2.74. The number of aromatic nitrogens is 1. The summed E-state index contributed by atoms with van der Waals surface area (Å²) in [6, 6.07) is 9.20. The quantitative estimate of drug-likeness (QED) is 0.489. The smallest absolute Gasteiger partial charge is 0.407 e. The van der Waals surface area contributed by atoms with E-state index in [1.807, 2.05) is 6.07 Å². The van der Waals surface area contributed by atoms with Crippen LogP contribution in [0.5, 0.6) is 0 Å². The van der Waals surface area contributed by atoms with E-state index < -0.39 is 41.3 Å². The zero-order chi connectivity index (χ0) is 23.9. The van der Waals surface area contributed by atoms with Crippen molar-refractivity contribution in [3.63, 3.8) is 0 Å². The first-order chi connectivity index (χ1) is 15.0. The molecule has 2 atom stereocenters. The summed E-state index contributed by atoms with van der Waals surface area (Å²) in [7, 11) is 0. The monoisotopic (exact) mass is 485 g/mol. The van der Waals surface area contributed by atoms with Crippen LogP contribution in [0.15, 0.2) is 42.6 Å². The largest absolute Gasteiger partial charge is 0.444 e. The molecule has 0 spiro atoms. The molecule has 174 valence electrons. The fourth-order valence-electron chi connectivity index (χ4n) is 2.73. The van der Waals surface area contributed by atoms with Crippen molar-refractivity contribution in [2.45, 2.75) is 49.9 Å². The lowest BCUT2D eigenvalue weighted by Gasteiger charge is -2.22. The van der Waals surface area contributed by atoms with Gasteiger partial charge in [-0.25, -0.2) is 9.18 Å². The molecule has 32 heavy (non-hydrogen) atoms. The zero-order valence-corrected chi connectivity index (χ0v) is 19.5. The molecule has 0 fully saturated rings. The van der Waals surface area contributed by atoms with Crippen LogP contribution >= 0.6 is 23.2 Å². The molecular weight excluding hydrogens is 460 g/mol. The van der Waals surface area contributed by atoms with E-state index in [4.69, 9.17) is 27.9 Å². The number of carbonyl (C=O) groups is 2. The van der Waals surface area contributed by atoms with E-state index in [0.717, 1.165) is 11.1 Å². The molecule has 0 unspecified atom stereocenters. The van der Waals surface area contributed by atoms with Gasteiger partial charge in [-0.05, 0) is 38.0 Å². The Morgan fingerprint density at radius 2 is 1.75 bits per heavy atom. The van der Waals surface area contributed by atoms with Gasteiger partial charge in [0.15, 0.2) is 4.84 Å². The second-order valence-corrected chi connectivity index (χ2v) is 9.13. The average molecular weight is 486 g/mol. The summed E-state index contributed by atoms with van der Waals surface area (Å²) in [4.78, 5) is 26.3. The van der Waals surface area contributed by atoms with Gasteiger partial charge in [0.25, 0.3) is 5.91 Å². The number of alkyl carbamates (subject to hydrolysis) is 1. The number of ether oxygens (including phenoxy) is 1. The highest BCUT2D eigenvalue weighted by Crippen LogP contribution is 2.24. The van der Waals surface area contributed by atoms with Crippen LogP contribution in [-0.4, -0.2) is 45.2 Å². The number of alkyl halides is 3. The molecule has 0 radical (unpaired) electrons. The van der Waals surface area contributed by atoms with Crippen LogP contribution in [0.1, 0.15) is 38.1 Å². The fourth-order valence-corrected chi connectivity index (χ4v) is 2.86. The third-order valence-electron chi connectivity index (χ3n) is 4.30. The molecule has 3 N–H and O–H groups in total. The number of hydrogen-bond acceptors (Lipinski definition) is 5. The topological polar surface area (TPSA) is 101 Å². The molecule has 2 rings (SSSR count). The van der Waals surface area contributed by atoms with E-state index in [-0.39, 0.29) is 6.54 Å². The van der Waals surface area contributed by atoms with Crippen LogP contribution in [-0.2, 0) is 16.1 Å². The van der Waals surface area contributed by atoms with Crippen LogP contribution in [0.4, 0.5) is 9.18 Å². The molecule has 1 aromatic carbocycles. The lowest BCUT2D eigenvalue weighted by atomic mass is 9.99. The standard InChI is InChI=1S/C22H26Cl2FN3O4/c1-22(2,3)32-21(31)27-12-16-9-8-15(11-26-16)13-4-6-14(7-5-13)18(29)17(10-25)28-20(30)19(23)24/h4-9,11,17-19,29H,10,12H2,1-3H3,(H,27,31)(H,28,30)/t17-,18-/m1/s1. The molecule has 0 bridgehead atoms. The second kappa shape index (κ2) is 11.4. The van der Waals surface area contributed by atoms with Gasteiger partial charge in [-0.2, -0.15) is 0 Å². The molecule has 10 heteroatoms. The first kappa shape index (κ1) is 25.8. The van der Waals surface area contributed by atoms with E-state index in [9.17, 15) is 19.1 Å². The number of rotatable bonds is 8. The van der Waals surface area contributed by atoms with Gasteiger partial charge in [-0.3, -0.25) is 9.78 Å². The Morgan fingerprint density at radius 3 is 2.25 bits per heavy atom. The minimum atomic E-state index is -1.35. The van der Waals surface area contributed by atoms with Gasteiger partial charge < -0.3 is 20.5 Å². The number of aliphatic hydroxyl groups is 1. The SMILES string of the molecule is CC(C)(C)OC(=O)NCc1ccc(-c2ccc([C@@H](O)[C@@H](CF)NC(=O)C(Cl)Cl)cc2)cn1. The van der Waals surface area contributed by atoms with Gasteiger partial charge in [-0.15, -0.1) is 0 Å². The number of nitrogens with one attached hydrogen (secondary N) is 2. The maximum absolute atomic E-state index is 13.3. The van der Waals surface area contributed by atoms with Crippen molar-refractivity contribution in [2.24, 2.45) is 0 Å². The third kappa shape index (κ3) is 7.93. The number of nitrogens with zero attached hydrogens (tertiary/aromatic N) is 1. The maximum Gasteiger partial charge on any atom is 0.407 e. The summed E-state index contributed by atoms with van der Waals surface area (Å²) in [5.74, 6) is -0.779. The highest BCUT2D eigenvalue weighted by Gasteiger charge is 2.25. The van der Waals surface area contributed by atoms with E-state index >= 15 is 0 Å². The number of halogens is 3. The van der Waals surface area contributed by atoms with Crippen molar-refractivity contribution < 1.29 is 23.8 Å². The lowest BCUT2D eigenvalue weighted by molar-refractivity contribution is -0.121. The van der Waals surface area contributed by atoms with Crippen molar-refractivity contribution >= 4 is 35.2 Å². The van der Waals surface area contributed by atoms with Crippen LogP contribution < -0.4 is 10.6 Å². The van der Waals surface area contributed by atoms with Crippen molar-refractivity contribution in [2.75, 3.05) is 6.67 Å². The predicted octanol–water partition coefficient (Wildman–Crippen LogP) is 4.06. The fraction of sp³-hybridized carbons (Fsp3) is 0.409. The Balaban J connectivity index is 2.00. The predicted molar refractivity (Wildman–Crippen MR) is 121 cm³/mol. The van der Waals surface area contributed by atoms with E-state index in [1.165, 1.54) is 0 Å². The van der Waals surface area contributed by atoms with Gasteiger partial charge in [-0.1, -0.05) is 53.5 Å². The van der Waals surface area contributed by atoms with Gasteiger partial charge >= 0.3 is 6.09 Å². The summed E-state index contributed by atoms with van der Waals surface area (Å²) in [6.07, 6.45) is -0.138. The first-order valence-electron chi connectivity index (χ1n) is 9.85. The first-order valence-corrected chi connectivity index (χ1v) is 10.7. The van der Waals surface area contributed by atoms with Crippen molar-refractivity contribution in [1.29, 1.82) is 0 Å². The lowest BCUT2D eigenvalue weighted by Crippen LogP contribution is -2.43. The number of amides is 2. The Hall–Kier alpha value is -2.42. The molecule has 2 amide bonds. The van der Waals surface area contributed by atoms with Crippen molar-refractivity contribution in [1.82, 2.24) is 15.6 Å². The zero-order valence-electron chi connectivity index (χ0n) is 17.9. The highest BCUT2D eigenvalue weighted by atomic mass is 35.5. The molecule has 0 saturated heterocycles. The Labute approximate surface area is 196 Å². The van der Waals surface area contributed by atoms with Crippen molar-refractivity contribution in [3.8, 4) is 11.1 Å². The normalized spacial score (nSPS) is 13.4. The van der Waals surface area contributed by atoms with Crippen LogP contribution in [0, 0.1) is 0 Å². The van der Waals surface area contributed by atoms with Crippen LogP contribution in [0.2, 0.25) is 0 Å². The van der Waals surface area contributed by atoms with Gasteiger partial charge in [0, 0.05) is 11.8 Å². The molecule has 1 aromatic heterocycles. The second-order valence-electron chi connectivity index (χ2n) is 8.03. The minimum Gasteiger partial charge on any atom is -0.444 e. The molecule has 0 aliphatic carbocycles. The van der Waals surface area contributed by atoms with Crippen LogP contribution in [0.25, 0.3) is 11.1 Å². The molecule has 0 aliphatic heterocycles. The summed E-state index contributed by atoms with van der Waals surface area (Å²) >= 11 is 10.9. The number of carbonyl (C=O) groups excluding carboxylic acids is 2. The van der Waals surface area contributed by atoms with Gasteiger partial charge in [0.05, 0.1) is 18.3 Å². The van der Waals surface area contributed by atoms with Crippen molar-refractivity contribution in [3.05, 3.63) is 53.9 Å². The summed E-state index contributed by atoms with van der Waals surface area (Å²) in [5, 5.41) is 15.3. The Morgan fingerprint density at radius 1 is 1.12 bits per heavy atom. The van der Waals surface area contributed by atoms with E-state index in [0.29, 0.717) is 11.3 Å². The molecule has 0 saturated carbocycles. The van der Waals surface area contributed by atoms with Gasteiger partial charge in [0.1, 0.15) is 18.4 Å². The van der Waals surface area contributed by atoms with Crippen LogP contribution in [0.3, 0.4) is 0 Å². The highest BCUT2D eigenvalue weighted by molar-refractivity contribution is 6.53. The summed E-state index contributed by atoms with van der Waals surface area (Å²) in [5.41, 5.74) is 2.14. The number of pyridine rings is 1. The molecule has 1 heterocycles. The maximum atomic E-state index is 13.3. The Kier molecular flexibility index (Phi) is 9.24. The molecular formula is C22H26Cl2FN3O4. The molecule has 0 aliphatic rings. The Bertz CT molecular complexity index is 903. The third-order valence-corrected chi connectivity index (χ3v) is 4.69. The number of hydrogen-bond donors (Lipinski definition) is 3. The molecule has 2 aromatic rings. The summed E-state index contributed by atoms with van der Waals surface area (Å²) in [6.45, 7) is 4.59. The van der Waals surface area contributed by atoms with Gasteiger partial charge in [0.2, 0.25) is 0 Å². The number of benzene rings is 1.